The van der Waals surface area contributed by atoms with Gasteiger partial charge in [0, 0.05) is 0 Å². The van der Waals surface area contributed by atoms with Crippen molar-refractivity contribution in [2.75, 3.05) is 13.2 Å². The fraction of sp³-hybridized carbons (Fsp3) is 0.878. The van der Waals surface area contributed by atoms with Crippen molar-refractivity contribution in [3.05, 3.63) is 24.3 Å². The van der Waals surface area contributed by atoms with Crippen molar-refractivity contribution in [1.82, 2.24) is 5.32 Å². The van der Waals surface area contributed by atoms with Gasteiger partial charge in [0.05, 0.1) is 31.5 Å². The number of nitrogens with one attached hydrogen (secondary N) is 1. The van der Waals surface area contributed by atoms with Crippen LogP contribution in [0.5, 0.6) is 0 Å². The van der Waals surface area contributed by atoms with Crippen LogP contribution < -0.4 is 5.32 Å². The highest BCUT2D eigenvalue weighted by atomic mass is 16.7. The van der Waals surface area contributed by atoms with Gasteiger partial charge in [0.2, 0.25) is 5.91 Å². The highest BCUT2D eigenvalue weighted by Gasteiger charge is 2.44. The smallest absolute Gasteiger partial charge is 0.249 e. The molecule has 0 aromatic carbocycles. The molecule has 11 nitrogen and oxygen atoms in total. The van der Waals surface area contributed by atoms with Gasteiger partial charge in [-0.1, -0.05) is 148 Å². The van der Waals surface area contributed by atoms with Crippen molar-refractivity contribution in [3.63, 3.8) is 0 Å². The van der Waals surface area contributed by atoms with E-state index in [2.05, 4.69) is 25.7 Å². The molecule has 1 saturated heterocycles. The van der Waals surface area contributed by atoms with Gasteiger partial charge in [-0.3, -0.25) is 4.79 Å². The average molecular weight is 744 g/mol. The van der Waals surface area contributed by atoms with Gasteiger partial charge < -0.3 is 50.5 Å². The van der Waals surface area contributed by atoms with Crippen LogP contribution in [0, 0.1) is 0 Å². The zero-order chi connectivity index (χ0) is 38.6. The number of rotatable bonds is 33. The fourth-order valence-corrected chi connectivity index (χ4v) is 6.52. The summed E-state index contributed by atoms with van der Waals surface area (Å²) in [6, 6.07) is -1.06. The number of carbonyl (C=O) groups is 1. The Bertz CT molecular complexity index is 918. The van der Waals surface area contributed by atoms with Crippen LogP contribution in [-0.2, 0) is 14.3 Å². The molecule has 0 bridgehead atoms. The summed E-state index contributed by atoms with van der Waals surface area (Å²) in [7, 11) is 0. The number of aliphatic hydroxyl groups excluding tert-OH is 7. The van der Waals surface area contributed by atoms with E-state index in [-0.39, 0.29) is 13.0 Å². The first-order valence-corrected chi connectivity index (χ1v) is 20.7. The molecule has 9 atom stereocenters. The third kappa shape index (κ3) is 21.5. The second-order valence-electron chi connectivity index (χ2n) is 14.9. The minimum absolute atomic E-state index is 0.274. The van der Waals surface area contributed by atoms with Gasteiger partial charge in [0.15, 0.2) is 6.29 Å². The van der Waals surface area contributed by atoms with Crippen molar-refractivity contribution in [2.24, 2.45) is 0 Å². The van der Waals surface area contributed by atoms with Crippen LogP contribution in [0.1, 0.15) is 162 Å². The first kappa shape index (κ1) is 48.6. The number of hydrogen-bond donors (Lipinski definition) is 8. The number of carbonyl (C=O) groups excluding carboxylic acids is 1. The molecular weight excluding hydrogens is 666 g/mol. The van der Waals surface area contributed by atoms with E-state index in [0.29, 0.717) is 19.3 Å². The van der Waals surface area contributed by atoms with Gasteiger partial charge in [0.25, 0.3) is 0 Å². The molecule has 1 rings (SSSR count). The Kier molecular flexibility index (Phi) is 28.9. The summed E-state index contributed by atoms with van der Waals surface area (Å²) in [4.78, 5) is 13.0. The van der Waals surface area contributed by atoms with Crippen molar-refractivity contribution in [3.8, 4) is 0 Å². The topological polar surface area (TPSA) is 189 Å². The molecule has 52 heavy (non-hydrogen) atoms. The number of hydrogen-bond acceptors (Lipinski definition) is 10. The van der Waals surface area contributed by atoms with Crippen molar-refractivity contribution in [2.45, 2.75) is 217 Å². The lowest BCUT2D eigenvalue weighted by molar-refractivity contribution is -0.302. The van der Waals surface area contributed by atoms with Crippen LogP contribution in [-0.4, -0.2) is 110 Å². The van der Waals surface area contributed by atoms with E-state index < -0.39 is 67.6 Å². The van der Waals surface area contributed by atoms with E-state index in [4.69, 9.17) is 9.47 Å². The maximum absolute atomic E-state index is 13.0. The molecule has 11 heteroatoms. The Morgan fingerprint density at radius 3 is 1.79 bits per heavy atom. The summed E-state index contributed by atoms with van der Waals surface area (Å²) in [6.07, 6.45) is 16.8. The van der Waals surface area contributed by atoms with Gasteiger partial charge in [-0.05, 0) is 37.7 Å². The minimum atomic E-state index is -1.64. The zero-order valence-corrected chi connectivity index (χ0v) is 32.6. The molecule has 1 fully saturated rings. The Labute approximate surface area is 314 Å². The van der Waals surface area contributed by atoms with Crippen LogP contribution in [0.3, 0.4) is 0 Å². The highest BCUT2D eigenvalue weighted by Crippen LogP contribution is 2.23. The van der Waals surface area contributed by atoms with Gasteiger partial charge >= 0.3 is 0 Å². The molecule has 0 aliphatic carbocycles. The quantitative estimate of drug-likeness (QED) is 0.0315. The largest absolute Gasteiger partial charge is 0.394 e. The maximum Gasteiger partial charge on any atom is 0.249 e. The van der Waals surface area contributed by atoms with Gasteiger partial charge in [-0.2, -0.15) is 0 Å². The molecule has 0 saturated carbocycles. The van der Waals surface area contributed by atoms with Crippen LogP contribution in [0.15, 0.2) is 24.3 Å². The average Bonchev–Trinajstić information content (AvgIpc) is 3.14. The van der Waals surface area contributed by atoms with Gasteiger partial charge in [0.1, 0.15) is 30.5 Å². The Hall–Kier alpha value is -1.41. The van der Waals surface area contributed by atoms with Crippen LogP contribution in [0.25, 0.3) is 0 Å². The molecule has 1 amide bonds. The normalized spacial score (nSPS) is 23.1. The summed E-state index contributed by atoms with van der Waals surface area (Å²) in [5.41, 5.74) is 0.794. The predicted octanol–water partition coefficient (Wildman–Crippen LogP) is 5.49. The van der Waals surface area contributed by atoms with Crippen molar-refractivity contribution < 1.29 is 50.0 Å². The minimum Gasteiger partial charge on any atom is -0.394 e. The Morgan fingerprint density at radius 1 is 0.731 bits per heavy atom. The van der Waals surface area contributed by atoms with E-state index in [9.17, 15) is 40.5 Å². The SMILES string of the molecule is C=C(CCCCCCCCC)C(O)CC/C=C/[C@@H](O)[C@H](COC1OC(CO)C(O)C(O)C1O)NC(=O)[C@H](O)CCCCCCCCCCCCCC. The van der Waals surface area contributed by atoms with Gasteiger partial charge in [-0.25, -0.2) is 0 Å². The summed E-state index contributed by atoms with van der Waals surface area (Å²) in [6.45, 7) is 7.48. The number of aliphatic hydroxyl groups is 7. The van der Waals surface area contributed by atoms with Gasteiger partial charge in [-0.15, -0.1) is 0 Å². The van der Waals surface area contributed by atoms with Crippen LogP contribution in [0.4, 0.5) is 0 Å². The van der Waals surface area contributed by atoms with Crippen LogP contribution in [0.2, 0.25) is 0 Å². The molecule has 306 valence electrons. The first-order valence-electron chi connectivity index (χ1n) is 20.7. The fourth-order valence-electron chi connectivity index (χ4n) is 6.52. The third-order valence-electron chi connectivity index (χ3n) is 10.2. The molecular formula is C41H77NO10. The molecule has 1 heterocycles. The molecule has 1 aliphatic heterocycles. The second-order valence-corrected chi connectivity index (χ2v) is 14.9. The van der Waals surface area contributed by atoms with E-state index >= 15 is 0 Å². The summed E-state index contributed by atoms with van der Waals surface area (Å²) in [5, 5.41) is 75.0. The summed E-state index contributed by atoms with van der Waals surface area (Å²) >= 11 is 0. The Balaban J connectivity index is 2.61. The lowest BCUT2D eigenvalue weighted by Crippen LogP contribution is -2.60. The molecule has 6 unspecified atom stereocenters. The molecule has 0 aromatic heterocycles. The predicted molar refractivity (Wildman–Crippen MR) is 205 cm³/mol. The molecule has 0 aromatic rings. The van der Waals surface area contributed by atoms with E-state index in [1.165, 1.54) is 89.5 Å². The van der Waals surface area contributed by atoms with Crippen LogP contribution >= 0.6 is 0 Å². The lowest BCUT2D eigenvalue weighted by atomic mass is 9.99. The molecule has 1 aliphatic rings. The van der Waals surface area contributed by atoms with E-state index in [1.807, 2.05) is 0 Å². The molecule has 0 radical (unpaired) electrons. The van der Waals surface area contributed by atoms with E-state index in [0.717, 1.165) is 44.1 Å². The number of amides is 1. The number of ether oxygens (including phenoxy) is 2. The standard InChI is InChI=1S/C41H77NO10/c1-4-6-8-10-12-13-14-15-16-18-20-22-28-35(46)40(50)42-32(30-51-41-39(49)38(48)37(47)36(29-43)52-41)34(45)27-24-23-26-33(44)31(3)25-21-19-17-11-9-7-5-2/h24,27,32-39,41,43-49H,3-23,25-26,28-30H2,1-2H3,(H,42,50)/b27-24+/t32-,33?,34+,35+,36?,37?,38?,39?,41?/m0/s1. The monoisotopic (exact) mass is 744 g/mol. The van der Waals surface area contributed by atoms with Crippen molar-refractivity contribution in [1.29, 1.82) is 0 Å². The Morgan fingerprint density at radius 2 is 1.25 bits per heavy atom. The summed E-state index contributed by atoms with van der Waals surface area (Å²) < 4.78 is 11.1. The lowest BCUT2D eigenvalue weighted by Gasteiger charge is -2.40. The number of unbranched alkanes of at least 4 members (excludes halogenated alkanes) is 17. The molecule has 0 spiro atoms. The summed E-state index contributed by atoms with van der Waals surface area (Å²) in [5.74, 6) is -0.671. The second kappa shape index (κ2) is 30.9. The number of allylic oxidation sites excluding steroid dienone is 1. The van der Waals surface area contributed by atoms with Crippen molar-refractivity contribution >= 4 is 5.91 Å². The highest BCUT2D eigenvalue weighted by molar-refractivity contribution is 5.80. The molecule has 8 N–H and O–H groups in total. The zero-order valence-electron chi connectivity index (χ0n) is 32.6. The maximum atomic E-state index is 13.0. The van der Waals surface area contributed by atoms with E-state index in [1.54, 1.807) is 6.08 Å². The first-order chi connectivity index (χ1) is 25.1. The third-order valence-corrected chi connectivity index (χ3v) is 10.2.